The number of benzene rings is 1. The molecule has 0 saturated carbocycles. The van der Waals surface area contributed by atoms with Crippen LogP contribution in [0, 0.1) is 5.41 Å². The molecule has 0 aliphatic rings. The number of carbonyl (C=O) groups is 2. The molecular formula is C15H22N2O4. The van der Waals surface area contributed by atoms with Gasteiger partial charge in [-0.15, -0.1) is 0 Å². The minimum atomic E-state index is -0.973. The maximum atomic E-state index is 11.6. The molecule has 0 saturated heterocycles. The lowest BCUT2D eigenvalue weighted by Gasteiger charge is -2.21. The van der Waals surface area contributed by atoms with E-state index in [9.17, 15) is 9.59 Å². The minimum Gasteiger partial charge on any atom is -0.478 e. The summed E-state index contributed by atoms with van der Waals surface area (Å²) in [6.07, 6.45) is 0.685. The van der Waals surface area contributed by atoms with Gasteiger partial charge in [-0.3, -0.25) is 0 Å². The number of carboxylic acid groups (broad SMARTS) is 1. The van der Waals surface area contributed by atoms with Crippen molar-refractivity contribution in [2.75, 3.05) is 13.2 Å². The van der Waals surface area contributed by atoms with Gasteiger partial charge in [0, 0.05) is 19.7 Å². The zero-order chi connectivity index (χ0) is 15.9. The molecule has 0 unspecified atom stereocenters. The Morgan fingerprint density at radius 2 is 1.76 bits per heavy atom. The number of aliphatic hydroxyl groups is 1. The quantitative estimate of drug-likeness (QED) is 0.613. The summed E-state index contributed by atoms with van der Waals surface area (Å²) in [6.45, 7) is 4.74. The molecule has 6 nitrogen and oxygen atoms in total. The third-order valence-corrected chi connectivity index (χ3v) is 3.17. The summed E-state index contributed by atoms with van der Waals surface area (Å²) in [5.41, 5.74) is 0.834. The number of urea groups is 1. The molecular weight excluding hydrogens is 272 g/mol. The first-order valence-corrected chi connectivity index (χ1v) is 6.79. The molecule has 0 atom stereocenters. The highest BCUT2D eigenvalue weighted by Gasteiger charge is 2.16. The predicted molar refractivity (Wildman–Crippen MR) is 79.1 cm³/mol. The van der Waals surface area contributed by atoms with E-state index in [2.05, 4.69) is 10.6 Å². The van der Waals surface area contributed by atoms with Gasteiger partial charge in [-0.25, -0.2) is 9.59 Å². The summed E-state index contributed by atoms with van der Waals surface area (Å²) in [4.78, 5) is 22.3. The monoisotopic (exact) mass is 294 g/mol. The van der Waals surface area contributed by atoms with E-state index in [0.717, 1.165) is 5.56 Å². The van der Waals surface area contributed by atoms with Crippen LogP contribution in [-0.2, 0) is 6.54 Å². The number of rotatable bonds is 7. The largest absolute Gasteiger partial charge is 0.478 e. The highest BCUT2D eigenvalue weighted by molar-refractivity contribution is 5.87. The third kappa shape index (κ3) is 6.27. The molecule has 6 heteroatoms. The molecule has 1 rings (SSSR count). The molecule has 21 heavy (non-hydrogen) atoms. The predicted octanol–water partition coefficient (Wildman–Crippen LogP) is 1.59. The zero-order valence-electron chi connectivity index (χ0n) is 12.3. The van der Waals surface area contributed by atoms with Crippen LogP contribution in [0.1, 0.15) is 36.2 Å². The van der Waals surface area contributed by atoms with Crippen molar-refractivity contribution in [3.8, 4) is 0 Å². The molecule has 0 spiro atoms. The van der Waals surface area contributed by atoms with Crippen molar-refractivity contribution in [3.63, 3.8) is 0 Å². The normalized spacial score (nSPS) is 11.0. The summed E-state index contributed by atoms with van der Waals surface area (Å²) in [7, 11) is 0. The van der Waals surface area contributed by atoms with Gasteiger partial charge in [0.2, 0.25) is 0 Å². The van der Waals surface area contributed by atoms with Gasteiger partial charge in [-0.05, 0) is 29.5 Å². The number of aliphatic hydroxyl groups excluding tert-OH is 1. The van der Waals surface area contributed by atoms with Crippen LogP contribution < -0.4 is 10.6 Å². The van der Waals surface area contributed by atoms with Crippen LogP contribution >= 0.6 is 0 Å². The van der Waals surface area contributed by atoms with Crippen molar-refractivity contribution in [1.29, 1.82) is 0 Å². The summed E-state index contributed by atoms with van der Waals surface area (Å²) < 4.78 is 0. The SMILES string of the molecule is CC(C)(CO)CCNC(=O)NCc1ccc(C(=O)O)cc1. The Hall–Kier alpha value is -2.08. The van der Waals surface area contributed by atoms with Crippen molar-refractivity contribution >= 4 is 12.0 Å². The van der Waals surface area contributed by atoms with E-state index >= 15 is 0 Å². The van der Waals surface area contributed by atoms with Crippen molar-refractivity contribution in [2.24, 2.45) is 5.41 Å². The smallest absolute Gasteiger partial charge is 0.335 e. The molecule has 2 amide bonds. The minimum absolute atomic E-state index is 0.0756. The first-order valence-electron chi connectivity index (χ1n) is 6.79. The van der Waals surface area contributed by atoms with E-state index in [1.165, 1.54) is 12.1 Å². The number of hydrogen-bond acceptors (Lipinski definition) is 3. The van der Waals surface area contributed by atoms with Gasteiger partial charge in [0.15, 0.2) is 0 Å². The molecule has 0 heterocycles. The maximum absolute atomic E-state index is 11.6. The van der Waals surface area contributed by atoms with E-state index in [4.69, 9.17) is 10.2 Å². The Balaban J connectivity index is 2.31. The first-order chi connectivity index (χ1) is 9.84. The highest BCUT2D eigenvalue weighted by Crippen LogP contribution is 2.17. The second kappa shape index (κ2) is 7.64. The molecule has 0 aliphatic carbocycles. The van der Waals surface area contributed by atoms with Crippen LogP contribution in [0.5, 0.6) is 0 Å². The summed E-state index contributed by atoms with van der Waals surface area (Å²) >= 11 is 0. The van der Waals surface area contributed by atoms with Crippen LogP contribution in [0.2, 0.25) is 0 Å². The Morgan fingerprint density at radius 3 is 2.29 bits per heavy atom. The summed E-state index contributed by atoms with van der Waals surface area (Å²) in [5.74, 6) is -0.973. The van der Waals surface area contributed by atoms with Crippen LogP contribution in [0.3, 0.4) is 0 Å². The van der Waals surface area contributed by atoms with Gasteiger partial charge >= 0.3 is 12.0 Å². The Labute approximate surface area is 124 Å². The van der Waals surface area contributed by atoms with Gasteiger partial charge in [0.1, 0.15) is 0 Å². The Kier molecular flexibility index (Phi) is 6.17. The van der Waals surface area contributed by atoms with Gasteiger partial charge < -0.3 is 20.8 Å². The third-order valence-electron chi connectivity index (χ3n) is 3.17. The lowest BCUT2D eigenvalue weighted by atomic mass is 9.91. The van der Waals surface area contributed by atoms with Crippen molar-refractivity contribution < 1.29 is 19.8 Å². The number of aromatic carboxylic acids is 1. The second-order valence-electron chi connectivity index (χ2n) is 5.68. The van der Waals surface area contributed by atoms with E-state index in [-0.39, 0.29) is 23.6 Å². The Bertz CT molecular complexity index is 483. The lowest BCUT2D eigenvalue weighted by molar-refractivity contribution is 0.0697. The topological polar surface area (TPSA) is 98.7 Å². The standard InChI is InChI=1S/C15H22N2O4/c1-15(2,10-18)7-8-16-14(21)17-9-11-3-5-12(6-4-11)13(19)20/h3-6,18H,7-10H2,1-2H3,(H,19,20)(H2,16,17,21). The summed E-state index contributed by atoms with van der Waals surface area (Å²) in [5, 5.41) is 23.3. The molecule has 0 radical (unpaired) electrons. The first kappa shape index (κ1) is 17.0. The fourth-order valence-electron chi connectivity index (χ4n) is 1.60. The van der Waals surface area contributed by atoms with Crippen molar-refractivity contribution in [1.82, 2.24) is 10.6 Å². The number of carboxylic acids is 1. The van der Waals surface area contributed by atoms with E-state index in [1.54, 1.807) is 12.1 Å². The van der Waals surface area contributed by atoms with Gasteiger partial charge in [-0.2, -0.15) is 0 Å². The number of hydrogen-bond donors (Lipinski definition) is 4. The maximum Gasteiger partial charge on any atom is 0.335 e. The van der Waals surface area contributed by atoms with Crippen LogP contribution in [0.15, 0.2) is 24.3 Å². The van der Waals surface area contributed by atoms with Crippen molar-refractivity contribution in [2.45, 2.75) is 26.8 Å². The van der Waals surface area contributed by atoms with E-state index in [0.29, 0.717) is 19.5 Å². The number of nitrogens with one attached hydrogen (secondary N) is 2. The average molecular weight is 294 g/mol. The van der Waals surface area contributed by atoms with Crippen molar-refractivity contribution in [3.05, 3.63) is 35.4 Å². The molecule has 0 aromatic heterocycles. The van der Waals surface area contributed by atoms with E-state index in [1.807, 2.05) is 13.8 Å². The number of amides is 2. The van der Waals surface area contributed by atoms with Crippen LogP contribution in [0.25, 0.3) is 0 Å². The highest BCUT2D eigenvalue weighted by atomic mass is 16.4. The second-order valence-corrected chi connectivity index (χ2v) is 5.68. The summed E-state index contributed by atoms with van der Waals surface area (Å²) in [6, 6.07) is 6.05. The van der Waals surface area contributed by atoms with Gasteiger partial charge in [0.05, 0.1) is 5.56 Å². The van der Waals surface area contributed by atoms with Crippen LogP contribution in [-0.4, -0.2) is 35.4 Å². The fraction of sp³-hybridized carbons (Fsp3) is 0.467. The molecule has 4 N–H and O–H groups in total. The fourth-order valence-corrected chi connectivity index (χ4v) is 1.60. The van der Waals surface area contributed by atoms with Gasteiger partial charge in [0.25, 0.3) is 0 Å². The van der Waals surface area contributed by atoms with Gasteiger partial charge in [-0.1, -0.05) is 26.0 Å². The Morgan fingerprint density at radius 1 is 1.14 bits per heavy atom. The molecule has 1 aromatic rings. The van der Waals surface area contributed by atoms with Crippen LogP contribution in [0.4, 0.5) is 4.79 Å². The molecule has 0 bridgehead atoms. The average Bonchev–Trinajstić information content (AvgIpc) is 2.45. The number of carbonyl (C=O) groups excluding carboxylic acids is 1. The van der Waals surface area contributed by atoms with E-state index < -0.39 is 5.97 Å². The lowest BCUT2D eigenvalue weighted by Crippen LogP contribution is -2.37. The molecule has 0 fully saturated rings. The molecule has 0 aliphatic heterocycles. The zero-order valence-corrected chi connectivity index (χ0v) is 12.3. The molecule has 116 valence electrons. The molecule has 1 aromatic carbocycles.